The maximum atomic E-state index is 14.4. The van der Waals surface area contributed by atoms with Crippen LogP contribution in [-0.4, -0.2) is 55.8 Å². The number of benzene rings is 2. The third kappa shape index (κ3) is 5.35. The number of rotatable bonds is 2. The zero-order chi connectivity index (χ0) is 25.1. The fourth-order valence-electron chi connectivity index (χ4n) is 4.30. The van der Waals surface area contributed by atoms with Crippen molar-refractivity contribution in [2.75, 3.05) is 31.7 Å². The molecule has 2 aliphatic rings. The second-order valence-corrected chi connectivity index (χ2v) is 9.38. The molecule has 1 fully saturated rings. The third-order valence-corrected chi connectivity index (χ3v) is 6.88. The molecule has 0 spiro atoms. The van der Waals surface area contributed by atoms with Crippen LogP contribution in [0.3, 0.4) is 0 Å². The minimum absolute atomic E-state index is 0.107. The van der Waals surface area contributed by atoms with Gasteiger partial charge in [0.05, 0.1) is 13.2 Å². The topological polar surface area (TPSA) is 102 Å². The van der Waals surface area contributed by atoms with Crippen molar-refractivity contribution in [3.05, 3.63) is 64.9 Å². The van der Waals surface area contributed by atoms with E-state index in [-0.39, 0.29) is 24.8 Å². The van der Waals surface area contributed by atoms with E-state index in [1.807, 2.05) is 5.38 Å². The zero-order valence-electron chi connectivity index (χ0n) is 19.5. The molecule has 0 aliphatic carbocycles. The molecule has 36 heavy (non-hydrogen) atoms. The molecule has 2 N–H and O–H groups in total. The van der Waals surface area contributed by atoms with E-state index in [9.17, 15) is 14.0 Å². The van der Waals surface area contributed by atoms with E-state index < -0.39 is 23.9 Å². The van der Waals surface area contributed by atoms with Gasteiger partial charge in [-0.1, -0.05) is 0 Å². The van der Waals surface area contributed by atoms with Crippen molar-refractivity contribution in [1.29, 1.82) is 0 Å². The fourth-order valence-corrected chi connectivity index (χ4v) is 4.98. The summed E-state index contributed by atoms with van der Waals surface area (Å²) < 4.78 is 31.6. The van der Waals surface area contributed by atoms with Gasteiger partial charge in [-0.3, -0.25) is 9.59 Å². The predicted octanol–water partition coefficient (Wildman–Crippen LogP) is 2.76. The molecule has 9 nitrogen and oxygen atoms in total. The SMILES string of the molecule is COc1ccc2cc1OCC(=O)NCc1cc(F)cc(c1)O[C@@H]1CCN(c3nccs3)C[C@@H]1NC2=O. The first-order valence-corrected chi connectivity index (χ1v) is 12.4. The van der Waals surface area contributed by atoms with Crippen molar-refractivity contribution in [1.82, 2.24) is 15.6 Å². The summed E-state index contributed by atoms with van der Waals surface area (Å²) in [5, 5.41) is 8.55. The van der Waals surface area contributed by atoms with Crippen LogP contribution in [0, 0.1) is 5.82 Å². The average molecular weight is 513 g/mol. The predicted molar refractivity (Wildman–Crippen MR) is 131 cm³/mol. The maximum Gasteiger partial charge on any atom is 0.258 e. The van der Waals surface area contributed by atoms with Crippen molar-refractivity contribution in [3.8, 4) is 17.2 Å². The van der Waals surface area contributed by atoms with Crippen LogP contribution >= 0.6 is 11.3 Å². The molecule has 0 radical (unpaired) electrons. The molecule has 3 heterocycles. The van der Waals surface area contributed by atoms with Crippen molar-refractivity contribution in [3.63, 3.8) is 0 Å². The number of carbonyl (C=O) groups excluding carboxylic acids is 2. The largest absolute Gasteiger partial charge is 0.493 e. The quantitative estimate of drug-likeness (QED) is 0.545. The first-order chi connectivity index (χ1) is 17.5. The second-order valence-electron chi connectivity index (χ2n) is 8.51. The first kappa shape index (κ1) is 23.9. The number of nitrogens with zero attached hydrogens (tertiary/aromatic N) is 2. The van der Waals surface area contributed by atoms with Gasteiger partial charge in [0.15, 0.2) is 23.2 Å². The smallest absolute Gasteiger partial charge is 0.258 e. The summed E-state index contributed by atoms with van der Waals surface area (Å²) in [5.41, 5.74) is 0.891. The lowest BCUT2D eigenvalue weighted by molar-refractivity contribution is -0.123. The van der Waals surface area contributed by atoms with Crippen LogP contribution in [0.15, 0.2) is 48.0 Å². The Hall–Kier alpha value is -3.86. The Labute approximate surface area is 211 Å². The number of thiazole rings is 1. The minimum Gasteiger partial charge on any atom is -0.493 e. The van der Waals surface area contributed by atoms with Crippen LogP contribution in [0.1, 0.15) is 22.3 Å². The molecule has 2 aromatic carbocycles. The Bertz CT molecular complexity index is 1260. The van der Waals surface area contributed by atoms with Crippen LogP contribution in [0.4, 0.5) is 9.52 Å². The molecule has 3 aromatic rings. The number of hydrogen-bond donors (Lipinski definition) is 2. The maximum absolute atomic E-state index is 14.4. The Morgan fingerprint density at radius 2 is 2.11 bits per heavy atom. The van der Waals surface area contributed by atoms with E-state index in [1.165, 1.54) is 30.6 Å². The van der Waals surface area contributed by atoms with Crippen LogP contribution in [-0.2, 0) is 11.3 Å². The molecule has 188 valence electrons. The molecule has 2 atom stereocenters. The summed E-state index contributed by atoms with van der Waals surface area (Å²) in [6.45, 7) is 0.953. The van der Waals surface area contributed by atoms with Gasteiger partial charge in [-0.15, -0.1) is 11.3 Å². The van der Waals surface area contributed by atoms with E-state index in [2.05, 4.69) is 20.5 Å². The lowest BCUT2D eigenvalue weighted by Crippen LogP contribution is -2.57. The van der Waals surface area contributed by atoms with Crippen molar-refractivity contribution >= 4 is 28.3 Å². The summed E-state index contributed by atoms with van der Waals surface area (Å²) in [5.74, 6) is -0.222. The number of nitrogens with one attached hydrogen (secondary N) is 2. The number of anilines is 1. The normalized spacial score (nSPS) is 20.3. The van der Waals surface area contributed by atoms with Gasteiger partial charge in [0.2, 0.25) is 0 Å². The van der Waals surface area contributed by atoms with Gasteiger partial charge in [0.1, 0.15) is 17.7 Å². The van der Waals surface area contributed by atoms with E-state index in [1.54, 1.807) is 30.5 Å². The molecule has 2 amide bonds. The highest BCUT2D eigenvalue weighted by atomic mass is 32.1. The molecule has 1 aromatic heterocycles. The van der Waals surface area contributed by atoms with Crippen LogP contribution in [0.25, 0.3) is 0 Å². The number of hydrogen-bond acceptors (Lipinski definition) is 8. The van der Waals surface area contributed by atoms with Gasteiger partial charge in [-0.25, -0.2) is 9.37 Å². The highest BCUT2D eigenvalue weighted by molar-refractivity contribution is 7.13. The molecule has 5 rings (SSSR count). The summed E-state index contributed by atoms with van der Waals surface area (Å²) in [6.07, 6.45) is 1.92. The Balaban J connectivity index is 1.48. The number of ether oxygens (including phenoxy) is 3. The summed E-state index contributed by atoms with van der Waals surface area (Å²) >= 11 is 1.52. The van der Waals surface area contributed by atoms with E-state index >= 15 is 0 Å². The average Bonchev–Trinajstić information content (AvgIpc) is 3.41. The summed E-state index contributed by atoms with van der Waals surface area (Å²) in [4.78, 5) is 32.1. The van der Waals surface area contributed by atoms with Gasteiger partial charge >= 0.3 is 0 Å². The van der Waals surface area contributed by atoms with E-state index in [4.69, 9.17) is 14.2 Å². The van der Waals surface area contributed by atoms with Crippen LogP contribution in [0.2, 0.25) is 0 Å². The number of amides is 2. The Morgan fingerprint density at radius 1 is 1.22 bits per heavy atom. The van der Waals surface area contributed by atoms with Gasteiger partial charge in [-0.2, -0.15) is 0 Å². The summed E-state index contributed by atoms with van der Waals surface area (Å²) in [7, 11) is 1.48. The lowest BCUT2D eigenvalue weighted by Gasteiger charge is -2.38. The molecule has 11 heteroatoms. The number of piperidine rings is 1. The number of methoxy groups -OCH3 is 1. The van der Waals surface area contributed by atoms with Crippen molar-refractivity contribution < 1.29 is 28.2 Å². The van der Waals surface area contributed by atoms with Gasteiger partial charge in [-0.05, 0) is 35.9 Å². The number of halogens is 1. The molecular formula is C25H25FN4O5S. The molecule has 4 bridgehead atoms. The van der Waals surface area contributed by atoms with Gasteiger partial charge in [0, 0.05) is 49.3 Å². The number of fused-ring (bicyclic) bond motifs is 5. The van der Waals surface area contributed by atoms with Crippen LogP contribution < -0.4 is 29.7 Å². The first-order valence-electron chi connectivity index (χ1n) is 11.5. The highest BCUT2D eigenvalue weighted by Gasteiger charge is 2.33. The van der Waals surface area contributed by atoms with Gasteiger partial charge < -0.3 is 29.7 Å². The van der Waals surface area contributed by atoms with Crippen LogP contribution in [0.5, 0.6) is 17.2 Å². The molecular weight excluding hydrogens is 487 g/mol. The van der Waals surface area contributed by atoms with Gasteiger partial charge in [0.25, 0.3) is 11.8 Å². The van der Waals surface area contributed by atoms with Crippen molar-refractivity contribution in [2.24, 2.45) is 0 Å². The molecule has 1 saturated heterocycles. The lowest BCUT2D eigenvalue weighted by atomic mass is 10.0. The second kappa shape index (κ2) is 10.4. The number of carbonyl (C=O) groups is 2. The van der Waals surface area contributed by atoms with E-state index in [0.29, 0.717) is 42.1 Å². The highest BCUT2D eigenvalue weighted by Crippen LogP contribution is 2.29. The van der Waals surface area contributed by atoms with E-state index in [0.717, 1.165) is 5.13 Å². The Morgan fingerprint density at radius 3 is 2.92 bits per heavy atom. The standard InChI is InChI=1S/C25H25FN4O5S/c1-33-21-3-2-16-10-22(21)34-14-23(31)28-12-15-8-17(26)11-18(9-15)35-20-4-6-30(25-27-5-7-36-25)13-19(20)29-24(16)32/h2-3,5,7-11,19-20H,4,6,12-14H2,1H3,(H,28,31)(H,29,32)/t19-,20+/m0/s1. The molecule has 0 unspecified atom stereocenters. The zero-order valence-corrected chi connectivity index (χ0v) is 20.3. The third-order valence-electron chi connectivity index (χ3n) is 6.05. The number of aromatic nitrogens is 1. The molecule has 2 aliphatic heterocycles. The minimum atomic E-state index is -0.477. The summed E-state index contributed by atoms with van der Waals surface area (Å²) in [6, 6.07) is 8.72. The fraction of sp³-hybridized carbons (Fsp3) is 0.320. The Kier molecular flexibility index (Phi) is 6.90. The monoisotopic (exact) mass is 512 g/mol. The van der Waals surface area contributed by atoms with Crippen molar-refractivity contribution in [2.45, 2.75) is 25.1 Å². The molecule has 0 saturated carbocycles.